The molecule has 0 aliphatic heterocycles. The van der Waals surface area contributed by atoms with E-state index in [4.69, 9.17) is 4.74 Å². The molecule has 0 aliphatic carbocycles. The number of hydrogen-bond donors (Lipinski definition) is 2. The second-order valence-corrected chi connectivity index (χ2v) is 6.45. The van der Waals surface area contributed by atoms with Crippen LogP contribution in [0.25, 0.3) is 5.69 Å². The Hall–Kier alpha value is -2.69. The zero-order chi connectivity index (χ0) is 20.6. The van der Waals surface area contributed by atoms with E-state index in [2.05, 4.69) is 20.6 Å². The lowest BCUT2D eigenvalue weighted by Gasteiger charge is -2.18. The van der Waals surface area contributed by atoms with Crippen molar-refractivity contribution in [1.82, 2.24) is 20.2 Å². The van der Waals surface area contributed by atoms with Gasteiger partial charge in [-0.1, -0.05) is 12.1 Å². The summed E-state index contributed by atoms with van der Waals surface area (Å²) < 4.78 is 34.9. The highest BCUT2D eigenvalue weighted by Gasteiger charge is 2.08. The molecule has 1 unspecified atom stereocenters. The van der Waals surface area contributed by atoms with E-state index in [0.717, 1.165) is 5.56 Å². The average molecular weight is 527 g/mol. The maximum atomic E-state index is 14.3. The molecule has 30 heavy (non-hydrogen) atoms. The first-order valence-electron chi connectivity index (χ1n) is 9.18. The second-order valence-electron chi connectivity index (χ2n) is 6.45. The molecule has 0 saturated carbocycles. The predicted molar refractivity (Wildman–Crippen MR) is 124 cm³/mol. The summed E-state index contributed by atoms with van der Waals surface area (Å²) in [5.41, 5.74) is 1.22. The van der Waals surface area contributed by atoms with E-state index in [9.17, 15) is 8.78 Å². The largest absolute Gasteiger partial charge is 0.489 e. The van der Waals surface area contributed by atoms with Crippen molar-refractivity contribution >= 4 is 29.9 Å². The van der Waals surface area contributed by atoms with Gasteiger partial charge in [0.05, 0.1) is 18.6 Å². The molecule has 0 spiro atoms. The van der Waals surface area contributed by atoms with Crippen LogP contribution in [0.2, 0.25) is 0 Å². The predicted octanol–water partition coefficient (Wildman–Crippen LogP) is 3.90. The number of ether oxygens (including phenoxy) is 1. The van der Waals surface area contributed by atoms with Crippen LogP contribution < -0.4 is 15.4 Å². The Labute approximate surface area is 191 Å². The Morgan fingerprint density at radius 1 is 1.20 bits per heavy atom. The Morgan fingerprint density at radius 3 is 2.70 bits per heavy atom. The van der Waals surface area contributed by atoms with Crippen LogP contribution in [-0.4, -0.2) is 35.2 Å². The summed E-state index contributed by atoms with van der Waals surface area (Å²) in [6.07, 6.45) is 4.63. The van der Waals surface area contributed by atoms with Crippen LogP contribution in [0.15, 0.2) is 66.2 Å². The summed E-state index contributed by atoms with van der Waals surface area (Å²) in [5.74, 6) is 0.350. The second kappa shape index (κ2) is 11.5. The van der Waals surface area contributed by atoms with Crippen molar-refractivity contribution in [1.29, 1.82) is 0 Å². The molecule has 0 radical (unpaired) electrons. The van der Waals surface area contributed by atoms with Crippen molar-refractivity contribution in [2.45, 2.75) is 19.6 Å². The van der Waals surface area contributed by atoms with Gasteiger partial charge in [-0.3, -0.25) is 4.99 Å². The lowest BCUT2D eigenvalue weighted by atomic mass is 10.2. The van der Waals surface area contributed by atoms with Gasteiger partial charge in [-0.2, -0.15) is 0 Å². The fraction of sp³-hybridized carbons (Fsp3) is 0.238. The summed E-state index contributed by atoms with van der Waals surface area (Å²) in [6.45, 7) is 2.74. The van der Waals surface area contributed by atoms with Crippen LogP contribution in [-0.2, 0) is 6.54 Å². The minimum atomic E-state index is -0.341. The Bertz CT molecular complexity index is 966. The van der Waals surface area contributed by atoms with E-state index in [-0.39, 0.29) is 41.7 Å². The van der Waals surface area contributed by atoms with Crippen molar-refractivity contribution in [3.63, 3.8) is 0 Å². The van der Waals surface area contributed by atoms with Crippen LogP contribution in [0.5, 0.6) is 5.75 Å². The number of nitrogens with one attached hydrogen (secondary N) is 2. The topological polar surface area (TPSA) is 63.5 Å². The van der Waals surface area contributed by atoms with E-state index in [1.165, 1.54) is 18.2 Å². The van der Waals surface area contributed by atoms with E-state index in [0.29, 0.717) is 30.5 Å². The fourth-order valence-electron chi connectivity index (χ4n) is 2.73. The third-order valence-corrected chi connectivity index (χ3v) is 4.17. The van der Waals surface area contributed by atoms with Gasteiger partial charge in [0.15, 0.2) is 5.96 Å². The van der Waals surface area contributed by atoms with Gasteiger partial charge in [0.25, 0.3) is 0 Å². The van der Waals surface area contributed by atoms with Crippen LogP contribution in [0.3, 0.4) is 0 Å². The Balaban J connectivity index is 0.00000320. The molecule has 3 aromatic rings. The van der Waals surface area contributed by atoms with E-state index in [1.807, 2.05) is 13.0 Å². The van der Waals surface area contributed by atoms with E-state index in [1.54, 1.807) is 48.5 Å². The average Bonchev–Trinajstić information content (AvgIpc) is 3.22. The number of hydrogen-bond acceptors (Lipinski definition) is 3. The van der Waals surface area contributed by atoms with Gasteiger partial charge in [-0.05, 0) is 36.8 Å². The maximum absolute atomic E-state index is 14.3. The zero-order valence-electron chi connectivity index (χ0n) is 16.7. The third kappa shape index (κ3) is 6.68. The number of aliphatic imine (C=N–C) groups is 1. The number of benzene rings is 2. The Kier molecular flexibility index (Phi) is 9.03. The molecule has 0 fully saturated rings. The summed E-state index contributed by atoms with van der Waals surface area (Å²) in [5, 5.41) is 6.27. The molecular formula is C21H24F2IN5O. The highest BCUT2D eigenvalue weighted by molar-refractivity contribution is 14.0. The fourth-order valence-corrected chi connectivity index (χ4v) is 2.73. The number of aromatic nitrogens is 2. The first kappa shape index (κ1) is 23.6. The molecule has 0 aliphatic rings. The van der Waals surface area contributed by atoms with Crippen molar-refractivity contribution < 1.29 is 13.5 Å². The zero-order valence-corrected chi connectivity index (χ0v) is 19.0. The smallest absolute Gasteiger partial charge is 0.191 e. The maximum Gasteiger partial charge on any atom is 0.191 e. The molecule has 0 amide bonds. The first-order valence-corrected chi connectivity index (χ1v) is 9.18. The van der Waals surface area contributed by atoms with E-state index >= 15 is 0 Å². The van der Waals surface area contributed by atoms with Crippen molar-refractivity contribution in [3.05, 3.63) is 78.4 Å². The molecule has 3 rings (SSSR count). The Morgan fingerprint density at radius 2 is 2.03 bits per heavy atom. The molecular weight excluding hydrogens is 503 g/mol. The summed E-state index contributed by atoms with van der Waals surface area (Å²) in [7, 11) is 1.65. The summed E-state index contributed by atoms with van der Waals surface area (Å²) in [6, 6.07) is 11.0. The molecule has 0 saturated heterocycles. The van der Waals surface area contributed by atoms with Gasteiger partial charge in [0.1, 0.15) is 23.5 Å². The van der Waals surface area contributed by atoms with Gasteiger partial charge in [0.2, 0.25) is 0 Å². The molecule has 2 aromatic carbocycles. The number of halogens is 3. The van der Waals surface area contributed by atoms with Crippen LogP contribution in [0.1, 0.15) is 12.5 Å². The quantitative estimate of drug-likeness (QED) is 0.278. The highest BCUT2D eigenvalue weighted by atomic mass is 127. The third-order valence-electron chi connectivity index (χ3n) is 4.17. The standard InChI is InChI=1S/C21H23F2N5O.HI/c1-15(29-18-5-3-4-17(22)11-18)12-26-21(24-2)27-13-16-6-7-20(19(23)10-16)28-9-8-25-14-28;/h3-11,14-15H,12-13H2,1-2H3,(H2,24,26,27);1H. The lowest BCUT2D eigenvalue weighted by molar-refractivity contribution is 0.223. The number of guanidine groups is 1. The minimum absolute atomic E-state index is 0. The van der Waals surface area contributed by atoms with Crippen LogP contribution >= 0.6 is 24.0 Å². The van der Waals surface area contributed by atoms with Gasteiger partial charge < -0.3 is 19.9 Å². The summed E-state index contributed by atoms with van der Waals surface area (Å²) in [4.78, 5) is 8.08. The molecule has 160 valence electrons. The van der Waals surface area contributed by atoms with Gasteiger partial charge in [0, 0.05) is 32.1 Å². The SMILES string of the molecule is CN=C(NCc1ccc(-n2ccnc2)c(F)c1)NCC(C)Oc1cccc(F)c1.I. The lowest BCUT2D eigenvalue weighted by Crippen LogP contribution is -2.41. The number of imidazole rings is 1. The van der Waals surface area contributed by atoms with E-state index < -0.39 is 0 Å². The normalized spacial score (nSPS) is 12.1. The monoisotopic (exact) mass is 527 g/mol. The van der Waals surface area contributed by atoms with Crippen molar-refractivity contribution in [3.8, 4) is 11.4 Å². The van der Waals surface area contributed by atoms with Crippen molar-refractivity contribution in [2.24, 2.45) is 4.99 Å². The molecule has 1 aromatic heterocycles. The molecule has 0 bridgehead atoms. The van der Waals surface area contributed by atoms with Crippen LogP contribution in [0, 0.1) is 11.6 Å². The molecule has 9 heteroatoms. The van der Waals surface area contributed by atoms with Crippen molar-refractivity contribution in [2.75, 3.05) is 13.6 Å². The minimum Gasteiger partial charge on any atom is -0.489 e. The number of nitrogens with zero attached hydrogens (tertiary/aromatic N) is 3. The summed E-state index contributed by atoms with van der Waals surface area (Å²) >= 11 is 0. The highest BCUT2D eigenvalue weighted by Crippen LogP contribution is 2.15. The molecule has 1 atom stereocenters. The molecule has 1 heterocycles. The van der Waals surface area contributed by atoms with Crippen LogP contribution in [0.4, 0.5) is 8.78 Å². The number of rotatable bonds is 7. The van der Waals surface area contributed by atoms with Gasteiger partial charge in [-0.25, -0.2) is 13.8 Å². The molecule has 6 nitrogen and oxygen atoms in total. The first-order chi connectivity index (χ1) is 14.0. The molecule has 2 N–H and O–H groups in total. The van der Waals surface area contributed by atoms with Gasteiger partial charge >= 0.3 is 0 Å². The van der Waals surface area contributed by atoms with Gasteiger partial charge in [-0.15, -0.1) is 24.0 Å².